The molecule has 0 heterocycles. The van der Waals surface area contributed by atoms with Gasteiger partial charge in [0.2, 0.25) is 0 Å². The highest BCUT2D eigenvalue weighted by molar-refractivity contribution is 9.10. The molecule has 33 heavy (non-hydrogen) atoms. The molecule has 0 radical (unpaired) electrons. The van der Waals surface area contributed by atoms with E-state index in [9.17, 15) is 14.9 Å². The van der Waals surface area contributed by atoms with Crippen LogP contribution in [0.5, 0.6) is 5.75 Å². The Hall–Kier alpha value is -3.89. The summed E-state index contributed by atoms with van der Waals surface area (Å²) < 4.78 is 6.43. The predicted octanol–water partition coefficient (Wildman–Crippen LogP) is 5.63. The van der Waals surface area contributed by atoms with Gasteiger partial charge in [0.15, 0.2) is 6.61 Å². The van der Waals surface area contributed by atoms with E-state index in [-0.39, 0.29) is 18.1 Å². The second-order valence-electron chi connectivity index (χ2n) is 7.32. The zero-order valence-electron chi connectivity index (χ0n) is 18.2. The lowest BCUT2D eigenvalue weighted by atomic mass is 10.1. The van der Waals surface area contributed by atoms with Crippen LogP contribution < -0.4 is 15.4 Å². The highest BCUT2D eigenvalue weighted by Crippen LogP contribution is 2.26. The molecule has 0 saturated carbocycles. The number of aryl methyl sites for hydroxylation is 2. The molecule has 166 valence electrons. The number of hydrogen-bond donors (Lipinski definition) is 2. The molecule has 2 amide bonds. The SMILES string of the molecule is Cc1ccc(NC(=O)COc2ccc(Br)cc2/C=C(\C#N)C(=O)Nc2ccccc2C)cc1. The molecule has 0 atom stereocenters. The van der Waals surface area contributed by atoms with Gasteiger partial charge in [-0.1, -0.05) is 51.8 Å². The van der Waals surface area contributed by atoms with E-state index in [1.165, 1.54) is 6.08 Å². The molecule has 3 aromatic carbocycles. The average Bonchev–Trinajstić information content (AvgIpc) is 2.79. The van der Waals surface area contributed by atoms with E-state index in [1.54, 1.807) is 30.3 Å². The van der Waals surface area contributed by atoms with Gasteiger partial charge in [-0.2, -0.15) is 5.26 Å². The summed E-state index contributed by atoms with van der Waals surface area (Å²) >= 11 is 3.39. The van der Waals surface area contributed by atoms with Crippen LogP contribution in [0.3, 0.4) is 0 Å². The molecule has 2 N–H and O–H groups in total. The van der Waals surface area contributed by atoms with Crippen molar-refractivity contribution in [3.63, 3.8) is 0 Å². The molecule has 7 heteroatoms. The molecule has 0 aliphatic rings. The summed E-state index contributed by atoms with van der Waals surface area (Å²) in [5.41, 5.74) is 3.67. The Labute approximate surface area is 201 Å². The van der Waals surface area contributed by atoms with Gasteiger partial charge in [0.25, 0.3) is 11.8 Å². The number of ether oxygens (including phenoxy) is 1. The van der Waals surface area contributed by atoms with Gasteiger partial charge in [-0.3, -0.25) is 9.59 Å². The number of nitrogens with one attached hydrogen (secondary N) is 2. The summed E-state index contributed by atoms with van der Waals surface area (Å²) in [5.74, 6) is -0.488. The largest absolute Gasteiger partial charge is 0.483 e. The molecule has 0 aliphatic heterocycles. The third-order valence-corrected chi connectivity index (χ3v) is 5.22. The minimum absolute atomic E-state index is 0.0923. The average molecular weight is 504 g/mol. The third kappa shape index (κ3) is 6.79. The highest BCUT2D eigenvalue weighted by Gasteiger charge is 2.13. The van der Waals surface area contributed by atoms with Crippen LogP contribution in [-0.2, 0) is 9.59 Å². The van der Waals surface area contributed by atoms with Gasteiger partial charge >= 0.3 is 0 Å². The van der Waals surface area contributed by atoms with E-state index in [0.29, 0.717) is 22.7 Å². The minimum Gasteiger partial charge on any atom is -0.483 e. The Balaban J connectivity index is 1.75. The highest BCUT2D eigenvalue weighted by atomic mass is 79.9. The van der Waals surface area contributed by atoms with Crippen molar-refractivity contribution in [1.82, 2.24) is 0 Å². The quantitative estimate of drug-likeness (QED) is 0.322. The van der Waals surface area contributed by atoms with Crippen molar-refractivity contribution in [3.8, 4) is 11.8 Å². The minimum atomic E-state index is -0.533. The number of nitriles is 1. The third-order valence-electron chi connectivity index (χ3n) is 4.72. The number of anilines is 2. The van der Waals surface area contributed by atoms with E-state index < -0.39 is 5.91 Å². The van der Waals surface area contributed by atoms with Gasteiger partial charge in [-0.05, 0) is 61.9 Å². The number of rotatable bonds is 7. The zero-order valence-corrected chi connectivity index (χ0v) is 19.8. The molecular formula is C26H22BrN3O3. The molecule has 0 fully saturated rings. The van der Waals surface area contributed by atoms with Crippen LogP contribution in [0.4, 0.5) is 11.4 Å². The predicted molar refractivity (Wildman–Crippen MR) is 133 cm³/mol. The van der Waals surface area contributed by atoms with Crippen LogP contribution in [0.25, 0.3) is 6.08 Å². The first-order valence-corrected chi connectivity index (χ1v) is 10.9. The monoisotopic (exact) mass is 503 g/mol. The zero-order chi connectivity index (χ0) is 23.8. The van der Waals surface area contributed by atoms with E-state index in [4.69, 9.17) is 4.74 Å². The fourth-order valence-electron chi connectivity index (χ4n) is 2.95. The van der Waals surface area contributed by atoms with Gasteiger partial charge in [-0.15, -0.1) is 0 Å². The summed E-state index contributed by atoms with van der Waals surface area (Å²) in [6.45, 7) is 3.61. The van der Waals surface area contributed by atoms with Gasteiger partial charge in [0.05, 0.1) is 0 Å². The van der Waals surface area contributed by atoms with Crippen molar-refractivity contribution < 1.29 is 14.3 Å². The van der Waals surface area contributed by atoms with Crippen LogP contribution in [-0.4, -0.2) is 18.4 Å². The van der Waals surface area contributed by atoms with Crippen molar-refractivity contribution >= 4 is 45.2 Å². The number of nitrogens with zero attached hydrogens (tertiary/aromatic N) is 1. The number of halogens is 1. The maximum atomic E-state index is 12.7. The summed E-state index contributed by atoms with van der Waals surface area (Å²) in [6, 6.07) is 21.8. The van der Waals surface area contributed by atoms with Gasteiger partial charge in [-0.25, -0.2) is 0 Å². The maximum absolute atomic E-state index is 12.7. The molecule has 0 spiro atoms. The number of para-hydroxylation sites is 1. The first-order valence-electron chi connectivity index (χ1n) is 10.1. The number of carbonyl (C=O) groups excluding carboxylic acids is 2. The standard InChI is InChI=1S/C26H22BrN3O3/c1-17-7-10-22(11-8-17)29-25(31)16-33-24-12-9-21(27)14-19(24)13-20(15-28)26(32)30-23-6-4-3-5-18(23)2/h3-14H,16H2,1-2H3,(H,29,31)(H,30,32)/b20-13+. The van der Waals surface area contributed by atoms with Crippen LogP contribution in [0, 0.1) is 25.2 Å². The van der Waals surface area contributed by atoms with Crippen LogP contribution in [0.1, 0.15) is 16.7 Å². The molecule has 0 bridgehead atoms. The summed E-state index contributed by atoms with van der Waals surface area (Å²) in [4.78, 5) is 25.0. The molecule has 0 aliphatic carbocycles. The molecule has 6 nitrogen and oxygen atoms in total. The van der Waals surface area contributed by atoms with Crippen LogP contribution in [0.2, 0.25) is 0 Å². The second-order valence-corrected chi connectivity index (χ2v) is 8.24. The Kier molecular flexibility index (Phi) is 8.01. The lowest BCUT2D eigenvalue weighted by Crippen LogP contribution is -2.20. The van der Waals surface area contributed by atoms with Gasteiger partial charge in [0, 0.05) is 21.4 Å². The van der Waals surface area contributed by atoms with Crippen molar-refractivity contribution in [2.75, 3.05) is 17.2 Å². The Morgan fingerprint density at radius 3 is 2.45 bits per heavy atom. The van der Waals surface area contributed by atoms with Crippen LogP contribution >= 0.6 is 15.9 Å². The van der Waals surface area contributed by atoms with Crippen LogP contribution in [0.15, 0.2) is 76.8 Å². The molecule has 3 rings (SSSR count). The normalized spacial score (nSPS) is 10.8. The van der Waals surface area contributed by atoms with E-state index >= 15 is 0 Å². The molecule has 3 aromatic rings. The molecule has 0 aromatic heterocycles. The molecular weight excluding hydrogens is 482 g/mol. The number of amides is 2. The maximum Gasteiger partial charge on any atom is 0.266 e. The van der Waals surface area contributed by atoms with E-state index in [1.807, 2.05) is 56.3 Å². The van der Waals surface area contributed by atoms with E-state index in [2.05, 4.69) is 26.6 Å². The second kappa shape index (κ2) is 11.1. The Morgan fingerprint density at radius 2 is 1.76 bits per heavy atom. The van der Waals surface area contributed by atoms with E-state index in [0.717, 1.165) is 15.6 Å². The molecule has 0 unspecified atom stereocenters. The summed E-state index contributed by atoms with van der Waals surface area (Å²) in [5, 5.41) is 15.1. The van der Waals surface area contributed by atoms with Gasteiger partial charge in [0.1, 0.15) is 17.4 Å². The topological polar surface area (TPSA) is 91.2 Å². The first kappa shape index (κ1) is 23.8. The van der Waals surface area contributed by atoms with Crippen molar-refractivity contribution in [1.29, 1.82) is 5.26 Å². The van der Waals surface area contributed by atoms with Crippen molar-refractivity contribution in [2.24, 2.45) is 0 Å². The fourth-order valence-corrected chi connectivity index (χ4v) is 3.33. The number of hydrogen-bond acceptors (Lipinski definition) is 4. The first-order chi connectivity index (χ1) is 15.9. The summed E-state index contributed by atoms with van der Waals surface area (Å²) in [6.07, 6.45) is 1.44. The molecule has 0 saturated heterocycles. The van der Waals surface area contributed by atoms with Gasteiger partial charge < -0.3 is 15.4 Å². The smallest absolute Gasteiger partial charge is 0.266 e. The summed E-state index contributed by atoms with van der Waals surface area (Å²) in [7, 11) is 0. The van der Waals surface area contributed by atoms with Crippen molar-refractivity contribution in [3.05, 3.63) is 93.5 Å². The van der Waals surface area contributed by atoms with Crippen molar-refractivity contribution in [2.45, 2.75) is 13.8 Å². The number of carbonyl (C=O) groups is 2. The Morgan fingerprint density at radius 1 is 1.03 bits per heavy atom. The Bertz CT molecular complexity index is 1240. The number of benzene rings is 3. The fraction of sp³-hybridized carbons (Fsp3) is 0.115. The lowest BCUT2D eigenvalue weighted by Gasteiger charge is -2.11. The lowest BCUT2D eigenvalue weighted by molar-refractivity contribution is -0.118.